The second-order valence-electron chi connectivity index (χ2n) is 8.20. The molecule has 0 fully saturated rings. The third-order valence-corrected chi connectivity index (χ3v) is 5.96. The molecule has 180 valence electrons. The Morgan fingerprint density at radius 2 is 1.60 bits per heavy atom. The Hall–Kier alpha value is -4.17. The minimum Gasteiger partial charge on any atom is -0.478 e. The molecule has 4 rings (SSSR count). The fourth-order valence-electron chi connectivity index (χ4n) is 4.23. The number of carboxylic acids is 1. The number of carbonyl (C=O) groups is 3. The number of methoxy groups -OCH3 is 1. The number of hydrogen-bond acceptors (Lipinski definition) is 5. The number of carbonyl (C=O) groups excluding carboxylic acids is 2. The number of aromatic carboxylic acids is 1. The molecule has 0 aromatic heterocycles. The van der Waals surface area contributed by atoms with Gasteiger partial charge in [-0.2, -0.15) is 0 Å². The molecule has 0 radical (unpaired) electrons. The molecule has 1 unspecified atom stereocenters. The average molecular weight is 475 g/mol. The number of ether oxygens (including phenoxy) is 2. The van der Waals surface area contributed by atoms with E-state index in [1.807, 2.05) is 36.4 Å². The van der Waals surface area contributed by atoms with E-state index in [0.717, 1.165) is 22.3 Å². The zero-order chi connectivity index (χ0) is 24.8. The Labute approximate surface area is 202 Å². The van der Waals surface area contributed by atoms with Gasteiger partial charge in [0.15, 0.2) is 0 Å². The Bertz CT molecular complexity index is 1200. The number of anilines is 1. The predicted molar refractivity (Wildman–Crippen MR) is 131 cm³/mol. The second kappa shape index (κ2) is 10.8. The number of hydrogen-bond donors (Lipinski definition) is 3. The van der Waals surface area contributed by atoms with Gasteiger partial charge in [-0.3, -0.25) is 4.79 Å². The summed E-state index contributed by atoms with van der Waals surface area (Å²) in [5.41, 5.74) is 4.99. The van der Waals surface area contributed by atoms with Crippen molar-refractivity contribution in [3.8, 4) is 11.1 Å². The number of carboxylic acid groups (broad SMARTS) is 1. The van der Waals surface area contributed by atoms with Gasteiger partial charge in [0.25, 0.3) is 0 Å². The SMILES string of the molecule is COC(CNC(=O)OCC1c2ccccc2-c2ccccc21)CC(=O)Nc1cccc(C(=O)O)c1. The van der Waals surface area contributed by atoms with Gasteiger partial charge in [0.2, 0.25) is 5.91 Å². The van der Waals surface area contributed by atoms with Crippen LogP contribution in [0, 0.1) is 0 Å². The van der Waals surface area contributed by atoms with E-state index in [0.29, 0.717) is 5.69 Å². The maximum absolute atomic E-state index is 12.4. The number of rotatable bonds is 9. The smallest absolute Gasteiger partial charge is 0.407 e. The molecule has 0 spiro atoms. The predicted octanol–water partition coefficient (Wildman–Crippen LogP) is 4.27. The Morgan fingerprint density at radius 1 is 0.943 bits per heavy atom. The van der Waals surface area contributed by atoms with E-state index in [1.54, 1.807) is 12.1 Å². The first-order valence-electron chi connectivity index (χ1n) is 11.2. The van der Waals surface area contributed by atoms with E-state index >= 15 is 0 Å². The molecular weight excluding hydrogens is 448 g/mol. The number of benzene rings is 3. The minimum atomic E-state index is -1.08. The van der Waals surface area contributed by atoms with Crippen LogP contribution in [0.5, 0.6) is 0 Å². The number of nitrogens with one attached hydrogen (secondary N) is 2. The molecule has 0 saturated carbocycles. The van der Waals surface area contributed by atoms with Gasteiger partial charge in [0, 0.05) is 25.3 Å². The molecule has 8 heteroatoms. The van der Waals surface area contributed by atoms with E-state index in [4.69, 9.17) is 14.6 Å². The minimum absolute atomic E-state index is 0.0303. The van der Waals surface area contributed by atoms with E-state index in [1.165, 1.54) is 19.2 Å². The summed E-state index contributed by atoms with van der Waals surface area (Å²) in [5.74, 6) is -1.49. The van der Waals surface area contributed by atoms with Crippen molar-refractivity contribution >= 4 is 23.7 Å². The van der Waals surface area contributed by atoms with Gasteiger partial charge >= 0.3 is 12.1 Å². The van der Waals surface area contributed by atoms with E-state index in [-0.39, 0.29) is 37.0 Å². The molecule has 3 aromatic carbocycles. The van der Waals surface area contributed by atoms with E-state index < -0.39 is 18.2 Å². The van der Waals surface area contributed by atoms with Crippen LogP contribution in [0.25, 0.3) is 11.1 Å². The van der Waals surface area contributed by atoms with Crippen molar-refractivity contribution in [2.75, 3.05) is 25.6 Å². The van der Waals surface area contributed by atoms with Crippen molar-refractivity contribution in [2.24, 2.45) is 0 Å². The Balaban J connectivity index is 1.28. The number of fused-ring (bicyclic) bond motifs is 3. The van der Waals surface area contributed by atoms with Crippen LogP contribution >= 0.6 is 0 Å². The maximum Gasteiger partial charge on any atom is 0.407 e. The van der Waals surface area contributed by atoms with Crippen molar-refractivity contribution in [1.29, 1.82) is 0 Å². The van der Waals surface area contributed by atoms with Crippen LogP contribution in [-0.4, -0.2) is 49.4 Å². The van der Waals surface area contributed by atoms with Crippen LogP contribution in [-0.2, 0) is 14.3 Å². The van der Waals surface area contributed by atoms with Crippen LogP contribution in [0.4, 0.5) is 10.5 Å². The molecule has 0 bridgehead atoms. The number of alkyl carbamates (subject to hydrolysis) is 1. The summed E-state index contributed by atoms with van der Waals surface area (Å²) < 4.78 is 10.8. The Kier molecular flexibility index (Phi) is 7.42. The first kappa shape index (κ1) is 24.0. The summed E-state index contributed by atoms with van der Waals surface area (Å²) in [4.78, 5) is 35.8. The highest BCUT2D eigenvalue weighted by Gasteiger charge is 2.29. The van der Waals surface area contributed by atoms with Gasteiger partial charge in [-0.1, -0.05) is 54.6 Å². The second-order valence-corrected chi connectivity index (χ2v) is 8.20. The highest BCUT2D eigenvalue weighted by atomic mass is 16.5. The lowest BCUT2D eigenvalue weighted by atomic mass is 9.98. The van der Waals surface area contributed by atoms with E-state index in [9.17, 15) is 14.4 Å². The molecule has 1 aliphatic carbocycles. The third-order valence-electron chi connectivity index (χ3n) is 5.96. The van der Waals surface area contributed by atoms with Crippen LogP contribution in [0.15, 0.2) is 72.8 Å². The van der Waals surface area contributed by atoms with Gasteiger partial charge in [0.05, 0.1) is 18.1 Å². The first-order valence-corrected chi connectivity index (χ1v) is 11.2. The van der Waals surface area contributed by atoms with Gasteiger partial charge in [-0.05, 0) is 40.5 Å². The highest BCUT2D eigenvalue weighted by molar-refractivity contribution is 5.94. The lowest BCUT2D eigenvalue weighted by molar-refractivity contribution is -0.118. The third kappa shape index (κ3) is 5.67. The monoisotopic (exact) mass is 474 g/mol. The molecule has 0 aliphatic heterocycles. The van der Waals surface area contributed by atoms with Crippen LogP contribution < -0.4 is 10.6 Å². The van der Waals surface area contributed by atoms with Gasteiger partial charge in [0.1, 0.15) is 6.61 Å². The quantitative estimate of drug-likeness (QED) is 0.427. The van der Waals surface area contributed by atoms with Crippen molar-refractivity contribution in [2.45, 2.75) is 18.4 Å². The number of amides is 2. The van der Waals surface area contributed by atoms with Crippen LogP contribution in [0.1, 0.15) is 33.8 Å². The molecule has 0 saturated heterocycles. The summed E-state index contributed by atoms with van der Waals surface area (Å²) in [5, 5.41) is 14.4. The molecule has 3 N–H and O–H groups in total. The van der Waals surface area contributed by atoms with Gasteiger partial charge in [-0.25, -0.2) is 9.59 Å². The van der Waals surface area contributed by atoms with Crippen molar-refractivity contribution < 1.29 is 29.0 Å². The average Bonchev–Trinajstić information content (AvgIpc) is 3.19. The standard InChI is InChI=1S/C27H26N2O6/c1-34-19(14-25(30)29-18-8-6-7-17(13-18)26(31)32)15-28-27(33)35-16-24-22-11-4-2-9-20(22)21-10-3-5-12-23(21)24/h2-13,19,24H,14-16H2,1H3,(H,28,33)(H,29,30)(H,31,32). The van der Waals surface area contributed by atoms with Gasteiger partial charge in [-0.15, -0.1) is 0 Å². The zero-order valence-electron chi connectivity index (χ0n) is 19.2. The van der Waals surface area contributed by atoms with Crippen LogP contribution in [0.2, 0.25) is 0 Å². The van der Waals surface area contributed by atoms with Crippen LogP contribution in [0.3, 0.4) is 0 Å². The first-order chi connectivity index (χ1) is 17.0. The molecule has 3 aromatic rings. The zero-order valence-corrected chi connectivity index (χ0v) is 19.2. The summed E-state index contributed by atoms with van der Waals surface area (Å²) >= 11 is 0. The molecular formula is C27H26N2O6. The summed E-state index contributed by atoms with van der Waals surface area (Å²) in [6.07, 6.45) is -1.21. The summed E-state index contributed by atoms with van der Waals surface area (Å²) in [7, 11) is 1.45. The van der Waals surface area contributed by atoms with Crippen molar-refractivity contribution in [3.05, 3.63) is 89.5 Å². The molecule has 35 heavy (non-hydrogen) atoms. The molecule has 8 nitrogen and oxygen atoms in total. The van der Waals surface area contributed by atoms with E-state index in [2.05, 4.69) is 22.8 Å². The maximum atomic E-state index is 12.4. The molecule has 0 heterocycles. The highest BCUT2D eigenvalue weighted by Crippen LogP contribution is 2.44. The molecule has 2 amide bonds. The fourth-order valence-corrected chi connectivity index (χ4v) is 4.23. The molecule has 1 aliphatic rings. The lowest BCUT2D eigenvalue weighted by Gasteiger charge is -2.17. The normalized spacial score (nSPS) is 12.8. The fraction of sp³-hybridized carbons (Fsp3) is 0.222. The van der Waals surface area contributed by atoms with Gasteiger partial charge < -0.3 is 25.2 Å². The summed E-state index contributed by atoms with van der Waals surface area (Å²) in [6, 6.07) is 22.1. The Morgan fingerprint density at radius 3 is 2.23 bits per heavy atom. The topological polar surface area (TPSA) is 114 Å². The largest absolute Gasteiger partial charge is 0.478 e. The lowest BCUT2D eigenvalue weighted by Crippen LogP contribution is -2.36. The molecule has 1 atom stereocenters. The van der Waals surface area contributed by atoms with Crippen molar-refractivity contribution in [3.63, 3.8) is 0 Å². The summed E-state index contributed by atoms with van der Waals surface area (Å²) in [6.45, 7) is 0.272. The van der Waals surface area contributed by atoms with Crippen molar-refractivity contribution in [1.82, 2.24) is 5.32 Å².